The molecule has 16 heteroatoms. The molecule has 10 nitrogen and oxygen atoms in total. The van der Waals surface area contributed by atoms with Crippen LogP contribution in [0.2, 0.25) is 5.02 Å². The maximum atomic E-state index is 17.2. The maximum Gasteiger partial charge on any atom is 0.418 e. The highest BCUT2D eigenvalue weighted by molar-refractivity contribution is 6.36. The fourth-order valence-corrected chi connectivity index (χ4v) is 9.50. The predicted octanol–water partition coefficient (Wildman–Crippen LogP) is 6.29. The molecule has 0 amide bonds. The third-order valence-electron chi connectivity index (χ3n) is 11.6. The van der Waals surface area contributed by atoms with E-state index in [1.54, 1.807) is 0 Å². The normalized spacial score (nSPS) is 26.8. The quantitative estimate of drug-likeness (QED) is 0.264. The average Bonchev–Trinajstić information content (AvgIpc) is 3.45. The number of hydrogen-bond donors (Lipinski definition) is 1. The summed E-state index contributed by atoms with van der Waals surface area (Å²) in [6, 6.07) is 0.703. The Hall–Kier alpha value is -3.27. The number of alkyl halides is 4. The SMILES string of the molecule is CCC[C@@H]1CN(CC2COC2)CCN2c3nc(OC[C@@]45CCCN4C[C@H](F)C5)nc4c(F)c(-c5nc(N)cc(C)c5C(F)(F)F)c(Cl)c(c34)OC[C@H]12. The zero-order chi connectivity index (χ0) is 36.5. The Kier molecular flexibility index (Phi) is 9.31. The number of benzene rings is 1. The molecule has 52 heavy (non-hydrogen) atoms. The second-order valence-electron chi connectivity index (χ2n) is 15.1. The zero-order valence-corrected chi connectivity index (χ0v) is 30.0. The van der Waals surface area contributed by atoms with Gasteiger partial charge in [-0.15, -0.1) is 0 Å². The van der Waals surface area contributed by atoms with Crippen LogP contribution in [0.25, 0.3) is 22.2 Å². The van der Waals surface area contributed by atoms with Gasteiger partial charge in [0, 0.05) is 45.1 Å². The van der Waals surface area contributed by atoms with E-state index in [9.17, 15) is 17.6 Å². The average molecular weight is 752 g/mol. The highest BCUT2D eigenvalue weighted by Gasteiger charge is 2.50. The zero-order valence-electron chi connectivity index (χ0n) is 29.2. The van der Waals surface area contributed by atoms with Crippen molar-refractivity contribution in [3.63, 3.8) is 0 Å². The van der Waals surface area contributed by atoms with Crippen molar-refractivity contribution in [3.05, 3.63) is 28.0 Å². The fourth-order valence-electron chi connectivity index (χ4n) is 9.18. The number of rotatable bonds is 8. The molecule has 8 rings (SSSR count). The Balaban J connectivity index is 1.30. The summed E-state index contributed by atoms with van der Waals surface area (Å²) >= 11 is 6.94. The highest BCUT2D eigenvalue weighted by atomic mass is 35.5. The summed E-state index contributed by atoms with van der Waals surface area (Å²) in [7, 11) is 0. The first-order valence-electron chi connectivity index (χ1n) is 18.2. The van der Waals surface area contributed by atoms with Crippen molar-refractivity contribution < 1.29 is 36.2 Å². The molecule has 282 valence electrons. The molecule has 0 bridgehead atoms. The van der Waals surface area contributed by atoms with E-state index >= 15 is 4.39 Å². The van der Waals surface area contributed by atoms with E-state index in [0.29, 0.717) is 37.8 Å². The van der Waals surface area contributed by atoms with Gasteiger partial charge in [-0.3, -0.25) is 4.90 Å². The number of fused-ring (bicyclic) bond motifs is 3. The van der Waals surface area contributed by atoms with E-state index in [2.05, 4.69) is 31.6 Å². The number of hydrogen-bond acceptors (Lipinski definition) is 10. The summed E-state index contributed by atoms with van der Waals surface area (Å²) < 4.78 is 93.8. The van der Waals surface area contributed by atoms with Crippen LogP contribution in [0.3, 0.4) is 0 Å². The van der Waals surface area contributed by atoms with Crippen LogP contribution in [0.1, 0.15) is 50.2 Å². The molecule has 5 aliphatic heterocycles. The summed E-state index contributed by atoms with van der Waals surface area (Å²) in [6.45, 7) is 8.97. The van der Waals surface area contributed by atoms with Gasteiger partial charge in [-0.25, -0.2) is 13.8 Å². The number of nitrogen functional groups attached to an aromatic ring is 1. The van der Waals surface area contributed by atoms with Crippen molar-refractivity contribution in [1.29, 1.82) is 0 Å². The van der Waals surface area contributed by atoms with Crippen molar-refractivity contribution >= 4 is 34.1 Å². The standard InChI is InChI=1S/C36H43ClF5N7O3/c1-3-5-21-13-47(12-20-15-50-16-20)8-9-49-23(21)17-51-32-26-31(29(39)25(28(32)37)30-27(36(40,41)42)19(2)10-24(43)44-30)45-34(46-33(26)49)52-18-35-6-4-7-48(35)14-22(38)11-35/h10,20-23H,3-9,11-18H2,1-2H3,(H2,43,44)/t21-,22-,23-,35+/m1/s1. The van der Waals surface area contributed by atoms with Gasteiger partial charge in [-0.05, 0) is 50.3 Å². The van der Waals surface area contributed by atoms with Gasteiger partial charge in [0.2, 0.25) is 0 Å². The third kappa shape index (κ3) is 6.18. The van der Waals surface area contributed by atoms with Gasteiger partial charge in [0.05, 0.1) is 52.0 Å². The summed E-state index contributed by atoms with van der Waals surface area (Å²) in [5.74, 6) is -0.474. The van der Waals surface area contributed by atoms with Crippen LogP contribution in [0.4, 0.5) is 33.6 Å². The first-order chi connectivity index (χ1) is 24.9. The van der Waals surface area contributed by atoms with E-state index in [1.807, 2.05) is 0 Å². The summed E-state index contributed by atoms with van der Waals surface area (Å²) in [4.78, 5) is 20.0. The summed E-state index contributed by atoms with van der Waals surface area (Å²) in [5.41, 5.74) is 2.33. The van der Waals surface area contributed by atoms with Crippen LogP contribution in [0.5, 0.6) is 11.8 Å². The molecule has 3 aromatic rings. The van der Waals surface area contributed by atoms with Crippen LogP contribution < -0.4 is 20.1 Å². The van der Waals surface area contributed by atoms with Crippen LogP contribution >= 0.6 is 11.6 Å². The van der Waals surface area contributed by atoms with Gasteiger partial charge in [-0.2, -0.15) is 23.1 Å². The second kappa shape index (κ2) is 13.5. The van der Waals surface area contributed by atoms with E-state index in [1.165, 1.54) is 6.92 Å². The lowest BCUT2D eigenvalue weighted by Gasteiger charge is -2.35. The molecule has 0 saturated carbocycles. The Labute approximate surface area is 303 Å². The molecule has 5 aliphatic rings. The summed E-state index contributed by atoms with van der Waals surface area (Å²) in [5, 5.41) is -0.222. The maximum absolute atomic E-state index is 17.2. The molecule has 0 unspecified atom stereocenters. The lowest BCUT2D eigenvalue weighted by Crippen LogP contribution is -2.45. The smallest absolute Gasteiger partial charge is 0.418 e. The molecule has 2 aromatic heterocycles. The molecular formula is C36H43ClF5N7O3. The molecular weight excluding hydrogens is 709 g/mol. The Morgan fingerprint density at radius 3 is 2.65 bits per heavy atom. The number of aromatic nitrogens is 3. The van der Waals surface area contributed by atoms with Crippen LogP contribution in [0, 0.1) is 24.6 Å². The van der Waals surface area contributed by atoms with Gasteiger partial charge < -0.3 is 29.7 Å². The lowest BCUT2D eigenvalue weighted by molar-refractivity contribution is -0.137. The van der Waals surface area contributed by atoms with Crippen LogP contribution in [-0.4, -0.2) is 108 Å². The molecule has 0 spiro atoms. The highest BCUT2D eigenvalue weighted by Crippen LogP contribution is 2.51. The second-order valence-corrected chi connectivity index (χ2v) is 15.5. The van der Waals surface area contributed by atoms with Crippen molar-refractivity contribution in [2.24, 2.45) is 11.8 Å². The fraction of sp³-hybridized carbons (Fsp3) is 0.639. The molecule has 2 N–H and O–H groups in total. The Morgan fingerprint density at radius 1 is 1.12 bits per heavy atom. The van der Waals surface area contributed by atoms with Gasteiger partial charge >= 0.3 is 12.2 Å². The molecule has 4 saturated heterocycles. The number of anilines is 2. The van der Waals surface area contributed by atoms with Gasteiger partial charge in [-0.1, -0.05) is 24.9 Å². The largest absolute Gasteiger partial charge is 0.489 e. The summed E-state index contributed by atoms with van der Waals surface area (Å²) in [6.07, 6.45) is -2.20. The topological polar surface area (TPSA) is 102 Å². The van der Waals surface area contributed by atoms with Crippen LogP contribution in [-0.2, 0) is 10.9 Å². The first-order valence-corrected chi connectivity index (χ1v) is 18.5. The van der Waals surface area contributed by atoms with Gasteiger partial charge in [0.15, 0.2) is 11.6 Å². The molecule has 0 radical (unpaired) electrons. The van der Waals surface area contributed by atoms with Crippen molar-refractivity contribution in [2.45, 2.75) is 69.9 Å². The minimum Gasteiger partial charge on any atom is -0.489 e. The Morgan fingerprint density at radius 2 is 1.92 bits per heavy atom. The Bertz CT molecular complexity index is 1870. The molecule has 4 fully saturated rings. The first kappa shape index (κ1) is 35.7. The minimum atomic E-state index is -4.91. The van der Waals surface area contributed by atoms with Crippen molar-refractivity contribution in [2.75, 3.05) is 76.3 Å². The molecule has 0 aliphatic carbocycles. The number of halogens is 6. The molecule has 7 heterocycles. The van der Waals surface area contributed by atoms with Crippen molar-refractivity contribution in [3.8, 4) is 23.0 Å². The predicted molar refractivity (Wildman–Crippen MR) is 186 cm³/mol. The third-order valence-corrected chi connectivity index (χ3v) is 11.9. The number of pyridine rings is 1. The lowest BCUT2D eigenvalue weighted by atomic mass is 9.93. The van der Waals surface area contributed by atoms with Crippen LogP contribution in [0.15, 0.2) is 6.07 Å². The van der Waals surface area contributed by atoms with Crippen molar-refractivity contribution in [1.82, 2.24) is 24.8 Å². The van der Waals surface area contributed by atoms with E-state index < -0.39 is 40.5 Å². The number of ether oxygens (including phenoxy) is 3. The van der Waals surface area contributed by atoms with E-state index in [-0.39, 0.29) is 64.2 Å². The van der Waals surface area contributed by atoms with E-state index in [0.717, 1.165) is 64.6 Å². The van der Waals surface area contributed by atoms with Gasteiger partial charge in [0.1, 0.15) is 36.5 Å². The number of nitrogens with two attached hydrogens (primary N) is 1. The van der Waals surface area contributed by atoms with Gasteiger partial charge in [0.25, 0.3) is 0 Å². The number of aryl methyl sites for hydroxylation is 1. The molecule has 4 atom stereocenters. The number of nitrogens with zero attached hydrogens (tertiary/aromatic N) is 6. The monoisotopic (exact) mass is 751 g/mol. The molecule has 1 aromatic carbocycles. The van der Waals surface area contributed by atoms with E-state index in [4.69, 9.17) is 36.5 Å². The minimum absolute atomic E-state index is 0.0203.